The van der Waals surface area contributed by atoms with Crippen LogP contribution in [0.4, 0.5) is 22.4 Å². The van der Waals surface area contributed by atoms with Gasteiger partial charge in [-0.2, -0.15) is 13.2 Å². The number of hydrogen-bond donors (Lipinski definition) is 1. The number of carbonyl (C=O) groups excluding carboxylic acids is 1. The molecule has 0 aliphatic carbocycles. The molecule has 0 aliphatic heterocycles. The lowest BCUT2D eigenvalue weighted by Crippen LogP contribution is -2.36. The van der Waals surface area contributed by atoms with Gasteiger partial charge in [0.05, 0.1) is 5.56 Å². The van der Waals surface area contributed by atoms with Crippen LogP contribution in [-0.2, 0) is 19.3 Å². The summed E-state index contributed by atoms with van der Waals surface area (Å²) in [5, 5.41) is 2.61. The summed E-state index contributed by atoms with van der Waals surface area (Å²) < 4.78 is 52.2. The predicted molar refractivity (Wildman–Crippen MR) is 86.3 cm³/mol. The first kappa shape index (κ1) is 18.8. The van der Waals surface area contributed by atoms with Crippen molar-refractivity contribution in [3.63, 3.8) is 0 Å². The highest BCUT2D eigenvalue weighted by atomic mass is 19.4. The summed E-state index contributed by atoms with van der Waals surface area (Å²) in [7, 11) is 1.42. The fourth-order valence-electron chi connectivity index (χ4n) is 2.39. The number of rotatable bonds is 4. The third-order valence-corrected chi connectivity index (χ3v) is 3.74. The van der Waals surface area contributed by atoms with E-state index in [1.165, 1.54) is 36.2 Å². The highest BCUT2D eigenvalue weighted by Gasteiger charge is 2.33. The summed E-state index contributed by atoms with van der Waals surface area (Å²) in [6.45, 7) is 1.59. The molecule has 134 valence electrons. The Labute approximate surface area is 143 Å². The van der Waals surface area contributed by atoms with Gasteiger partial charge in [0.15, 0.2) is 0 Å². The van der Waals surface area contributed by atoms with E-state index in [9.17, 15) is 22.4 Å². The maximum Gasteiger partial charge on any atom is 0.416 e. The summed E-state index contributed by atoms with van der Waals surface area (Å²) in [6, 6.07) is 9.08. The van der Waals surface area contributed by atoms with E-state index in [1.807, 2.05) is 0 Å². The SMILES string of the molecule is Cc1cc(CNC(=O)N(C)Cc2ccccc2C(F)(F)F)ccc1F. The van der Waals surface area contributed by atoms with Gasteiger partial charge in [-0.3, -0.25) is 0 Å². The smallest absolute Gasteiger partial charge is 0.334 e. The van der Waals surface area contributed by atoms with E-state index >= 15 is 0 Å². The molecule has 0 aliphatic rings. The summed E-state index contributed by atoms with van der Waals surface area (Å²) in [4.78, 5) is 13.3. The van der Waals surface area contributed by atoms with Crippen LogP contribution in [0.2, 0.25) is 0 Å². The number of nitrogens with one attached hydrogen (secondary N) is 1. The lowest BCUT2D eigenvalue weighted by molar-refractivity contribution is -0.138. The Hall–Kier alpha value is -2.57. The van der Waals surface area contributed by atoms with Crippen LogP contribution in [0.1, 0.15) is 22.3 Å². The van der Waals surface area contributed by atoms with Crippen molar-refractivity contribution in [3.8, 4) is 0 Å². The van der Waals surface area contributed by atoms with Crippen LogP contribution in [0.25, 0.3) is 0 Å². The maximum atomic E-state index is 13.2. The molecule has 1 N–H and O–H groups in total. The number of nitrogens with zero attached hydrogens (tertiary/aromatic N) is 1. The lowest BCUT2D eigenvalue weighted by atomic mass is 10.1. The zero-order chi connectivity index (χ0) is 18.6. The van der Waals surface area contributed by atoms with Crippen LogP contribution in [-0.4, -0.2) is 18.0 Å². The molecule has 0 heterocycles. The van der Waals surface area contributed by atoms with E-state index in [-0.39, 0.29) is 24.5 Å². The van der Waals surface area contributed by atoms with Crippen molar-refractivity contribution in [1.29, 1.82) is 0 Å². The van der Waals surface area contributed by atoms with E-state index in [4.69, 9.17) is 0 Å². The molecule has 3 nitrogen and oxygen atoms in total. The number of amides is 2. The van der Waals surface area contributed by atoms with Gasteiger partial charge >= 0.3 is 12.2 Å². The molecule has 0 spiro atoms. The number of benzene rings is 2. The summed E-state index contributed by atoms with van der Waals surface area (Å²) in [5.74, 6) is -0.337. The van der Waals surface area contributed by atoms with E-state index in [0.29, 0.717) is 11.1 Å². The summed E-state index contributed by atoms with van der Waals surface area (Å²) in [5.41, 5.74) is 0.421. The fraction of sp³-hybridized carbons (Fsp3) is 0.278. The van der Waals surface area contributed by atoms with Crippen LogP contribution in [0, 0.1) is 12.7 Å². The van der Waals surface area contributed by atoms with Crippen molar-refractivity contribution in [2.75, 3.05) is 7.05 Å². The normalized spacial score (nSPS) is 11.3. The molecule has 2 aromatic rings. The molecule has 0 radical (unpaired) electrons. The third kappa shape index (κ3) is 4.95. The van der Waals surface area contributed by atoms with Crippen LogP contribution in [0.15, 0.2) is 42.5 Å². The quantitative estimate of drug-likeness (QED) is 0.806. The Balaban J connectivity index is 2.00. The van der Waals surface area contributed by atoms with Crippen molar-refractivity contribution in [2.24, 2.45) is 0 Å². The van der Waals surface area contributed by atoms with Crippen LogP contribution in [0.5, 0.6) is 0 Å². The topological polar surface area (TPSA) is 32.3 Å². The van der Waals surface area contributed by atoms with Crippen molar-refractivity contribution >= 4 is 6.03 Å². The predicted octanol–water partition coefficient (Wildman–Crippen LogP) is 4.49. The van der Waals surface area contributed by atoms with Gasteiger partial charge in [0.25, 0.3) is 0 Å². The lowest BCUT2D eigenvalue weighted by Gasteiger charge is -2.20. The molecule has 0 aromatic heterocycles. The van der Waals surface area contributed by atoms with E-state index < -0.39 is 17.8 Å². The number of alkyl halides is 3. The molecule has 0 unspecified atom stereocenters. The fourth-order valence-corrected chi connectivity index (χ4v) is 2.39. The second-order valence-corrected chi connectivity index (χ2v) is 5.75. The molecular formula is C18H18F4N2O. The van der Waals surface area contributed by atoms with Crippen LogP contribution in [0.3, 0.4) is 0 Å². The minimum absolute atomic E-state index is 0.0188. The third-order valence-electron chi connectivity index (χ3n) is 3.74. The highest BCUT2D eigenvalue weighted by molar-refractivity contribution is 5.73. The molecule has 2 aromatic carbocycles. The minimum atomic E-state index is -4.47. The average Bonchev–Trinajstić information content (AvgIpc) is 2.55. The largest absolute Gasteiger partial charge is 0.416 e. The molecule has 0 fully saturated rings. The Morgan fingerprint density at radius 3 is 2.48 bits per heavy atom. The standard InChI is InChI=1S/C18H18F4N2O/c1-12-9-13(7-8-16(12)19)10-23-17(25)24(2)11-14-5-3-4-6-15(14)18(20,21)22/h3-9H,10-11H2,1-2H3,(H,23,25). The number of urea groups is 1. The molecule has 0 saturated heterocycles. The van der Waals surface area contributed by atoms with Gasteiger partial charge in [-0.15, -0.1) is 0 Å². The molecule has 2 rings (SSSR count). The number of carbonyl (C=O) groups is 1. The molecular weight excluding hydrogens is 336 g/mol. The van der Waals surface area contributed by atoms with Crippen LogP contribution >= 0.6 is 0 Å². The van der Waals surface area contributed by atoms with Crippen LogP contribution < -0.4 is 5.32 Å². The molecule has 0 saturated carbocycles. The second kappa shape index (κ2) is 7.55. The highest BCUT2D eigenvalue weighted by Crippen LogP contribution is 2.32. The molecule has 0 atom stereocenters. The average molecular weight is 354 g/mol. The second-order valence-electron chi connectivity index (χ2n) is 5.75. The van der Waals surface area contributed by atoms with Crippen molar-refractivity contribution in [3.05, 3.63) is 70.5 Å². The zero-order valence-corrected chi connectivity index (χ0v) is 13.8. The van der Waals surface area contributed by atoms with Gasteiger partial charge in [-0.1, -0.05) is 30.3 Å². The van der Waals surface area contributed by atoms with Gasteiger partial charge in [0.1, 0.15) is 5.82 Å². The van der Waals surface area contributed by atoms with E-state index in [2.05, 4.69) is 5.32 Å². The Morgan fingerprint density at radius 1 is 1.16 bits per heavy atom. The Kier molecular flexibility index (Phi) is 5.66. The zero-order valence-electron chi connectivity index (χ0n) is 13.8. The first-order valence-corrected chi connectivity index (χ1v) is 7.57. The first-order chi connectivity index (χ1) is 11.7. The van der Waals surface area contributed by atoms with Crippen molar-refractivity contribution in [2.45, 2.75) is 26.2 Å². The molecule has 0 bridgehead atoms. The number of aryl methyl sites for hydroxylation is 1. The maximum absolute atomic E-state index is 13.2. The first-order valence-electron chi connectivity index (χ1n) is 7.57. The van der Waals surface area contributed by atoms with E-state index in [1.54, 1.807) is 19.1 Å². The Bertz CT molecular complexity index is 759. The van der Waals surface area contributed by atoms with Crippen molar-refractivity contribution < 1.29 is 22.4 Å². The summed E-state index contributed by atoms with van der Waals surface area (Å²) >= 11 is 0. The Morgan fingerprint density at radius 2 is 1.84 bits per heavy atom. The summed E-state index contributed by atoms with van der Waals surface area (Å²) in [6.07, 6.45) is -4.47. The number of hydrogen-bond acceptors (Lipinski definition) is 1. The molecule has 25 heavy (non-hydrogen) atoms. The van der Waals surface area contributed by atoms with E-state index in [0.717, 1.165) is 6.07 Å². The van der Waals surface area contributed by atoms with Gasteiger partial charge in [-0.25, -0.2) is 9.18 Å². The van der Waals surface area contributed by atoms with Gasteiger partial charge in [-0.05, 0) is 35.7 Å². The van der Waals surface area contributed by atoms with Crippen molar-refractivity contribution in [1.82, 2.24) is 10.2 Å². The molecule has 7 heteroatoms. The monoisotopic (exact) mass is 354 g/mol. The minimum Gasteiger partial charge on any atom is -0.334 e. The van der Waals surface area contributed by atoms with Gasteiger partial charge in [0.2, 0.25) is 0 Å². The van der Waals surface area contributed by atoms with Gasteiger partial charge < -0.3 is 10.2 Å². The number of halogens is 4. The molecule has 2 amide bonds. The van der Waals surface area contributed by atoms with Gasteiger partial charge in [0, 0.05) is 20.1 Å².